The van der Waals surface area contributed by atoms with Crippen LogP contribution in [0.15, 0.2) is 48.5 Å². The van der Waals surface area contributed by atoms with Crippen LogP contribution in [0.2, 0.25) is 0 Å². The van der Waals surface area contributed by atoms with E-state index in [1.165, 1.54) is 15.3 Å². The van der Waals surface area contributed by atoms with Crippen molar-refractivity contribution < 1.29 is 27.1 Å². The summed E-state index contributed by atoms with van der Waals surface area (Å²) in [7, 11) is -3.61. The molecule has 0 saturated heterocycles. The predicted molar refractivity (Wildman–Crippen MR) is 150 cm³/mol. The number of amides is 2. The van der Waals surface area contributed by atoms with Crippen LogP contribution in [0.1, 0.15) is 64.4 Å². The van der Waals surface area contributed by atoms with Gasteiger partial charge in [0.1, 0.15) is 17.6 Å². The molecule has 1 fully saturated rings. The molecule has 1 N–H and O–H groups in total. The molecule has 1 aliphatic carbocycles. The maximum absolute atomic E-state index is 14.5. The molecule has 39 heavy (non-hydrogen) atoms. The van der Waals surface area contributed by atoms with Crippen LogP contribution in [0.4, 0.5) is 10.1 Å². The lowest BCUT2D eigenvalue weighted by atomic mass is 9.95. The molecule has 2 amide bonds. The lowest BCUT2D eigenvalue weighted by molar-refractivity contribution is -0.141. The second-order valence-electron chi connectivity index (χ2n) is 10.00. The second kappa shape index (κ2) is 14.3. The van der Waals surface area contributed by atoms with Gasteiger partial charge in [-0.15, -0.1) is 0 Å². The third-order valence-electron chi connectivity index (χ3n) is 7.01. The number of anilines is 1. The Morgan fingerprint density at radius 1 is 1.08 bits per heavy atom. The summed E-state index contributed by atoms with van der Waals surface area (Å²) in [5.74, 6) is -0.425. The Kier molecular flexibility index (Phi) is 11.2. The Bertz CT molecular complexity index is 1200. The normalized spacial score (nSPS) is 14.9. The average Bonchev–Trinajstić information content (AvgIpc) is 2.91. The van der Waals surface area contributed by atoms with Crippen LogP contribution in [0, 0.1) is 5.82 Å². The molecular formula is C29H40FN3O5S. The SMILES string of the molecule is CCOc1ccc(N(CCCC(=O)N(Cc2ccccc2F)[C@@H](C)C(=O)NC2CCCCC2)S(C)(=O)=O)cc1. The first-order valence-electron chi connectivity index (χ1n) is 13.6. The molecule has 0 spiro atoms. The van der Waals surface area contributed by atoms with Gasteiger partial charge in [-0.2, -0.15) is 0 Å². The third kappa shape index (κ3) is 8.95. The van der Waals surface area contributed by atoms with Gasteiger partial charge in [0, 0.05) is 31.1 Å². The van der Waals surface area contributed by atoms with Gasteiger partial charge >= 0.3 is 0 Å². The maximum Gasteiger partial charge on any atom is 0.242 e. The Morgan fingerprint density at radius 2 is 1.74 bits per heavy atom. The van der Waals surface area contributed by atoms with Crippen molar-refractivity contribution in [1.82, 2.24) is 10.2 Å². The number of ether oxygens (including phenoxy) is 1. The largest absolute Gasteiger partial charge is 0.494 e. The molecule has 0 unspecified atom stereocenters. The van der Waals surface area contributed by atoms with Gasteiger partial charge in [-0.3, -0.25) is 13.9 Å². The fourth-order valence-electron chi connectivity index (χ4n) is 4.84. The molecule has 2 aromatic carbocycles. The quantitative estimate of drug-likeness (QED) is 0.385. The fourth-order valence-corrected chi connectivity index (χ4v) is 5.81. The molecule has 2 aromatic rings. The molecule has 1 saturated carbocycles. The van der Waals surface area contributed by atoms with Crippen LogP contribution in [0.25, 0.3) is 0 Å². The first kappa shape index (κ1) is 30.4. The van der Waals surface area contributed by atoms with Gasteiger partial charge in [-0.25, -0.2) is 12.8 Å². The zero-order valence-corrected chi connectivity index (χ0v) is 23.9. The van der Waals surface area contributed by atoms with Gasteiger partial charge in [-0.05, 0) is 63.4 Å². The number of carbonyl (C=O) groups excluding carboxylic acids is 2. The number of hydrogen-bond acceptors (Lipinski definition) is 5. The Morgan fingerprint density at radius 3 is 2.36 bits per heavy atom. The number of nitrogens with one attached hydrogen (secondary N) is 1. The fraction of sp³-hybridized carbons (Fsp3) is 0.517. The van der Waals surface area contributed by atoms with Crippen molar-refractivity contribution >= 4 is 27.5 Å². The van der Waals surface area contributed by atoms with E-state index in [0.717, 1.165) is 38.4 Å². The summed E-state index contributed by atoms with van der Waals surface area (Å²) in [6.45, 7) is 4.04. The highest BCUT2D eigenvalue weighted by Gasteiger charge is 2.29. The van der Waals surface area contributed by atoms with Crippen LogP contribution in [0.3, 0.4) is 0 Å². The van der Waals surface area contributed by atoms with Crippen molar-refractivity contribution in [2.75, 3.05) is 23.7 Å². The minimum Gasteiger partial charge on any atom is -0.494 e. The van der Waals surface area contributed by atoms with E-state index in [9.17, 15) is 22.4 Å². The van der Waals surface area contributed by atoms with E-state index in [4.69, 9.17) is 4.74 Å². The lowest BCUT2D eigenvalue weighted by Gasteiger charge is -2.31. The van der Waals surface area contributed by atoms with E-state index < -0.39 is 21.9 Å². The van der Waals surface area contributed by atoms with E-state index in [1.54, 1.807) is 49.4 Å². The molecule has 214 valence electrons. The van der Waals surface area contributed by atoms with E-state index >= 15 is 0 Å². The van der Waals surface area contributed by atoms with Gasteiger partial charge in [0.15, 0.2) is 0 Å². The van der Waals surface area contributed by atoms with Crippen LogP contribution in [-0.4, -0.2) is 56.6 Å². The Balaban J connectivity index is 1.71. The number of hydrogen-bond donors (Lipinski definition) is 1. The number of rotatable bonds is 13. The van der Waals surface area contributed by atoms with Crippen molar-refractivity contribution in [1.29, 1.82) is 0 Å². The number of nitrogens with zero attached hydrogens (tertiary/aromatic N) is 2. The van der Waals surface area contributed by atoms with Gasteiger partial charge < -0.3 is 15.0 Å². The highest BCUT2D eigenvalue weighted by Crippen LogP contribution is 2.23. The van der Waals surface area contributed by atoms with Crippen molar-refractivity contribution in [2.45, 2.75) is 77.4 Å². The first-order valence-corrected chi connectivity index (χ1v) is 15.5. The van der Waals surface area contributed by atoms with E-state index in [2.05, 4.69) is 5.32 Å². The lowest BCUT2D eigenvalue weighted by Crippen LogP contribution is -2.50. The molecule has 1 atom stereocenters. The summed E-state index contributed by atoms with van der Waals surface area (Å²) in [6.07, 6.45) is 6.43. The van der Waals surface area contributed by atoms with Crippen LogP contribution in [-0.2, 0) is 26.2 Å². The number of sulfonamides is 1. The van der Waals surface area contributed by atoms with Crippen LogP contribution >= 0.6 is 0 Å². The third-order valence-corrected chi connectivity index (χ3v) is 8.20. The highest BCUT2D eigenvalue weighted by atomic mass is 32.2. The Labute approximate surface area is 231 Å². The minimum atomic E-state index is -3.61. The zero-order valence-electron chi connectivity index (χ0n) is 23.1. The molecule has 0 heterocycles. The summed E-state index contributed by atoms with van der Waals surface area (Å²) >= 11 is 0. The molecule has 8 nitrogen and oxygen atoms in total. The summed E-state index contributed by atoms with van der Waals surface area (Å²) < 4.78 is 46.2. The van der Waals surface area contributed by atoms with Crippen LogP contribution < -0.4 is 14.4 Å². The number of carbonyl (C=O) groups is 2. The predicted octanol–water partition coefficient (Wildman–Crippen LogP) is 4.64. The summed E-state index contributed by atoms with van der Waals surface area (Å²) in [4.78, 5) is 27.9. The second-order valence-corrected chi connectivity index (χ2v) is 11.9. The maximum atomic E-state index is 14.5. The van der Waals surface area contributed by atoms with Crippen molar-refractivity contribution in [3.63, 3.8) is 0 Å². The van der Waals surface area contributed by atoms with Crippen molar-refractivity contribution in [3.05, 3.63) is 59.9 Å². The molecule has 0 radical (unpaired) electrons. The molecule has 10 heteroatoms. The van der Waals surface area contributed by atoms with Gasteiger partial charge in [-0.1, -0.05) is 37.5 Å². The molecule has 1 aliphatic rings. The standard InChI is InChI=1S/C29H40FN3O5S/c1-4-38-26-18-16-25(17-19-26)33(39(3,36)37)20-10-15-28(34)32(21-23-11-8-9-14-27(23)30)22(2)29(35)31-24-12-6-5-7-13-24/h8-9,11,14,16-19,22,24H,4-7,10,12-13,15,20-21H2,1-3H3,(H,31,35)/t22-/m0/s1. The summed E-state index contributed by atoms with van der Waals surface area (Å²) in [5, 5.41) is 3.06. The Hall–Kier alpha value is -3.14. The van der Waals surface area contributed by atoms with Gasteiger partial charge in [0.2, 0.25) is 21.8 Å². The molecule has 0 aromatic heterocycles. The smallest absolute Gasteiger partial charge is 0.242 e. The van der Waals surface area contributed by atoms with E-state index in [0.29, 0.717) is 23.6 Å². The number of benzene rings is 2. The molecule has 3 rings (SSSR count). The van der Waals surface area contributed by atoms with E-state index in [-0.39, 0.29) is 43.8 Å². The average molecular weight is 562 g/mol. The first-order chi connectivity index (χ1) is 18.6. The summed E-state index contributed by atoms with van der Waals surface area (Å²) in [5.41, 5.74) is 0.784. The van der Waals surface area contributed by atoms with Gasteiger partial charge in [0.25, 0.3) is 0 Å². The van der Waals surface area contributed by atoms with E-state index in [1.807, 2.05) is 6.92 Å². The van der Waals surface area contributed by atoms with Crippen molar-refractivity contribution in [3.8, 4) is 5.75 Å². The monoisotopic (exact) mass is 561 g/mol. The minimum absolute atomic E-state index is 0.00144. The van der Waals surface area contributed by atoms with Crippen LogP contribution in [0.5, 0.6) is 5.75 Å². The molecule has 0 aliphatic heterocycles. The molecular weight excluding hydrogens is 521 g/mol. The van der Waals surface area contributed by atoms with Gasteiger partial charge in [0.05, 0.1) is 18.6 Å². The highest BCUT2D eigenvalue weighted by molar-refractivity contribution is 7.92. The topological polar surface area (TPSA) is 96.0 Å². The zero-order chi connectivity index (χ0) is 28.4. The van der Waals surface area contributed by atoms with Crippen molar-refractivity contribution in [2.24, 2.45) is 0 Å². The number of halogens is 1. The summed E-state index contributed by atoms with van der Waals surface area (Å²) in [6, 6.07) is 12.2. The molecule has 0 bridgehead atoms.